The average molecular weight is 512 g/mol. The molecule has 1 aliphatic carbocycles. The van der Waals surface area contributed by atoms with E-state index in [1.165, 1.54) is 17.7 Å². The van der Waals surface area contributed by atoms with Gasteiger partial charge in [0.05, 0.1) is 36.5 Å². The zero-order valence-electron chi connectivity index (χ0n) is 20.9. The molecule has 0 saturated heterocycles. The molecule has 10 nitrogen and oxygen atoms in total. The van der Waals surface area contributed by atoms with Crippen molar-refractivity contribution < 1.29 is 22.7 Å². The fraction of sp³-hybridized carbons (Fsp3) is 0.440. The molecule has 2 unspecified atom stereocenters. The number of hydrogen-bond acceptors (Lipinski definition) is 7. The Balaban J connectivity index is 1.71. The predicted molar refractivity (Wildman–Crippen MR) is 136 cm³/mol. The molecule has 1 aromatic carbocycles. The summed E-state index contributed by atoms with van der Waals surface area (Å²) in [6, 6.07) is 4.80. The Kier molecular flexibility index (Phi) is 6.66. The van der Waals surface area contributed by atoms with Crippen LogP contribution in [0.4, 0.5) is 11.4 Å². The van der Waals surface area contributed by atoms with Crippen LogP contribution in [0.25, 0.3) is 28.5 Å². The van der Waals surface area contributed by atoms with Crippen molar-refractivity contribution >= 4 is 39.6 Å². The van der Waals surface area contributed by atoms with Crippen molar-refractivity contribution in [3.63, 3.8) is 0 Å². The lowest BCUT2D eigenvalue weighted by Gasteiger charge is -2.37. The molecule has 2 aromatic heterocycles. The average Bonchev–Trinajstić information content (AvgIpc) is 3.33. The van der Waals surface area contributed by atoms with E-state index in [4.69, 9.17) is 16.0 Å². The summed E-state index contributed by atoms with van der Waals surface area (Å²) in [6.07, 6.45) is 2.75. The van der Waals surface area contributed by atoms with Crippen molar-refractivity contribution in [2.24, 2.45) is 17.8 Å². The first-order valence-corrected chi connectivity index (χ1v) is 13.5. The van der Waals surface area contributed by atoms with Gasteiger partial charge in [0, 0.05) is 5.56 Å². The SMILES string of the molecule is [C-]#[N+]c1c(C(=O)OC2C(C)CC(C)CC2C)c(=C)n2nc(-c3ccc(OC)c(NS(C)(=O)=O)c3)nc12. The lowest BCUT2D eigenvalue weighted by molar-refractivity contribution is -0.0252. The molecule has 3 aromatic rings. The topological polar surface area (TPSA) is 116 Å². The van der Waals surface area contributed by atoms with E-state index in [2.05, 4.69) is 47.0 Å². The Morgan fingerprint density at radius 2 is 1.92 bits per heavy atom. The lowest BCUT2D eigenvalue weighted by atomic mass is 9.75. The van der Waals surface area contributed by atoms with Crippen molar-refractivity contribution in [3.8, 4) is 17.1 Å². The second kappa shape index (κ2) is 9.43. The number of carbonyl (C=O) groups excluding carboxylic acids is 1. The summed E-state index contributed by atoms with van der Waals surface area (Å²) in [6.45, 7) is 18.1. The van der Waals surface area contributed by atoms with Crippen LogP contribution in [0.5, 0.6) is 5.75 Å². The minimum atomic E-state index is -3.56. The highest BCUT2D eigenvalue weighted by Gasteiger charge is 2.35. The fourth-order valence-corrected chi connectivity index (χ4v) is 5.75. The number of ether oxygens (including phenoxy) is 2. The number of carbonyl (C=O) groups is 1. The maximum Gasteiger partial charge on any atom is 0.330 e. The van der Waals surface area contributed by atoms with Gasteiger partial charge in [0.1, 0.15) is 11.9 Å². The van der Waals surface area contributed by atoms with E-state index in [1.807, 2.05) is 0 Å². The number of rotatable bonds is 6. The first kappa shape index (κ1) is 25.4. The van der Waals surface area contributed by atoms with Gasteiger partial charge < -0.3 is 9.47 Å². The Morgan fingerprint density at radius 3 is 2.50 bits per heavy atom. The van der Waals surface area contributed by atoms with Crippen LogP contribution in [0.1, 0.15) is 44.0 Å². The van der Waals surface area contributed by atoms with Gasteiger partial charge >= 0.3 is 5.97 Å². The molecule has 1 fully saturated rings. The van der Waals surface area contributed by atoms with Gasteiger partial charge in [0.2, 0.25) is 15.7 Å². The Bertz CT molecular complexity index is 1510. The Hall–Kier alpha value is -3.65. The van der Waals surface area contributed by atoms with Crippen molar-refractivity contribution in [1.29, 1.82) is 0 Å². The summed E-state index contributed by atoms with van der Waals surface area (Å²) in [7, 11) is -2.13. The second-order valence-electron chi connectivity index (χ2n) is 9.64. The largest absolute Gasteiger partial charge is 0.495 e. The number of methoxy groups -OCH3 is 1. The lowest BCUT2D eigenvalue weighted by Crippen LogP contribution is -2.38. The van der Waals surface area contributed by atoms with Gasteiger partial charge in [-0.1, -0.05) is 27.4 Å². The number of sulfonamides is 1. The van der Waals surface area contributed by atoms with Gasteiger partial charge in [0.25, 0.3) is 0 Å². The first-order chi connectivity index (χ1) is 16.9. The smallest absolute Gasteiger partial charge is 0.330 e. The number of esters is 1. The Labute approximate surface area is 210 Å². The maximum atomic E-state index is 13.2. The number of aromatic nitrogens is 3. The van der Waals surface area contributed by atoms with Crippen molar-refractivity contribution in [1.82, 2.24) is 14.6 Å². The molecular formula is C25H29N5O5S. The van der Waals surface area contributed by atoms with Crippen molar-refractivity contribution in [3.05, 3.63) is 40.5 Å². The van der Waals surface area contributed by atoms with Crippen LogP contribution in [-0.2, 0) is 14.8 Å². The third kappa shape index (κ3) is 4.73. The van der Waals surface area contributed by atoms with Gasteiger partial charge in [-0.25, -0.2) is 27.6 Å². The number of nitrogens with zero attached hydrogens (tertiary/aromatic N) is 4. The van der Waals surface area contributed by atoms with Crippen LogP contribution in [0, 0.1) is 24.3 Å². The van der Waals surface area contributed by atoms with Crippen LogP contribution in [0.2, 0.25) is 0 Å². The van der Waals surface area contributed by atoms with Crippen LogP contribution in [0.3, 0.4) is 0 Å². The second-order valence-corrected chi connectivity index (χ2v) is 11.4. The van der Waals surface area contributed by atoms with Gasteiger partial charge in [-0.3, -0.25) is 4.72 Å². The molecule has 4 rings (SSSR count). The minimum Gasteiger partial charge on any atom is -0.495 e. The third-order valence-corrected chi connectivity index (χ3v) is 7.17. The standard InChI is InChI=1S/C25H29N5O5S/c1-13-10-14(2)22(15(3)11-13)35-25(31)20-16(4)30-24(21(20)26-5)27-23(28-30)17-8-9-19(34-6)18(12-17)29-36(7,32)33/h8-9,12-15,22,29H,4,10-11H2,1-3,6-7H3. The van der Waals surface area contributed by atoms with E-state index in [-0.39, 0.29) is 51.7 Å². The van der Waals surface area contributed by atoms with E-state index in [1.54, 1.807) is 12.1 Å². The molecule has 190 valence electrons. The summed E-state index contributed by atoms with van der Waals surface area (Å²) >= 11 is 0. The molecule has 1 N–H and O–H groups in total. The van der Waals surface area contributed by atoms with Gasteiger partial charge in [-0.05, 0) is 48.8 Å². The normalized spacial score (nSPS) is 22.2. The summed E-state index contributed by atoms with van der Waals surface area (Å²) in [4.78, 5) is 21.2. The first-order valence-electron chi connectivity index (χ1n) is 11.6. The summed E-state index contributed by atoms with van der Waals surface area (Å²) in [5.41, 5.74) is 0.990. The van der Waals surface area contributed by atoms with Gasteiger partial charge in [-0.15, -0.1) is 5.10 Å². The maximum absolute atomic E-state index is 13.2. The van der Waals surface area contributed by atoms with E-state index >= 15 is 0 Å². The zero-order chi connectivity index (χ0) is 26.4. The number of fused-ring (bicyclic) bond motifs is 1. The molecule has 0 aliphatic heterocycles. The molecular weight excluding hydrogens is 482 g/mol. The predicted octanol–water partition coefficient (Wildman–Crippen LogP) is 3.68. The highest BCUT2D eigenvalue weighted by Crippen LogP contribution is 2.36. The number of nitrogens with one attached hydrogen (secondary N) is 1. The fourth-order valence-electron chi connectivity index (χ4n) is 5.19. The molecule has 2 heterocycles. The van der Waals surface area contributed by atoms with Crippen molar-refractivity contribution in [2.45, 2.75) is 39.7 Å². The van der Waals surface area contributed by atoms with E-state index < -0.39 is 16.0 Å². The molecule has 0 amide bonds. The molecule has 0 spiro atoms. The van der Waals surface area contributed by atoms with Crippen molar-refractivity contribution in [2.75, 3.05) is 18.1 Å². The Morgan fingerprint density at radius 1 is 1.25 bits per heavy atom. The summed E-state index contributed by atoms with van der Waals surface area (Å²) < 4.78 is 38.4. The van der Waals surface area contributed by atoms with E-state index in [0.717, 1.165) is 19.1 Å². The minimum absolute atomic E-state index is 0.0243. The summed E-state index contributed by atoms with van der Waals surface area (Å²) in [5.74, 6) is 0.970. The van der Waals surface area contributed by atoms with Crippen LogP contribution in [0.15, 0.2) is 18.2 Å². The molecule has 36 heavy (non-hydrogen) atoms. The number of hydrogen-bond donors (Lipinski definition) is 1. The quantitative estimate of drug-likeness (QED) is 0.396. The molecule has 1 saturated carbocycles. The van der Waals surface area contributed by atoms with E-state index in [0.29, 0.717) is 17.2 Å². The molecule has 11 heteroatoms. The molecule has 2 atom stereocenters. The van der Waals surface area contributed by atoms with Crippen LogP contribution >= 0.6 is 0 Å². The van der Waals surface area contributed by atoms with E-state index in [9.17, 15) is 13.2 Å². The van der Waals surface area contributed by atoms with Gasteiger partial charge in [0.15, 0.2) is 11.5 Å². The summed E-state index contributed by atoms with van der Waals surface area (Å²) in [5, 5.41) is 4.66. The zero-order valence-corrected chi connectivity index (χ0v) is 21.7. The highest BCUT2D eigenvalue weighted by molar-refractivity contribution is 7.92. The molecule has 0 bridgehead atoms. The molecule has 1 aliphatic rings. The molecule has 0 radical (unpaired) electrons. The van der Waals surface area contributed by atoms with Crippen LogP contribution < -0.4 is 14.8 Å². The monoisotopic (exact) mass is 511 g/mol. The number of benzene rings is 1. The van der Waals surface area contributed by atoms with Crippen LogP contribution in [-0.4, -0.2) is 48.5 Å². The third-order valence-electron chi connectivity index (χ3n) is 6.58. The highest BCUT2D eigenvalue weighted by atomic mass is 32.2. The van der Waals surface area contributed by atoms with Gasteiger partial charge in [-0.2, -0.15) is 0 Å². The number of anilines is 1.